The topological polar surface area (TPSA) is 60.7 Å². The van der Waals surface area contributed by atoms with Gasteiger partial charge < -0.3 is 15.3 Å². The predicted octanol–water partition coefficient (Wildman–Crippen LogP) is 5.56. The lowest BCUT2D eigenvalue weighted by atomic mass is 9.60. The molecule has 0 aliphatic heterocycles. The molecule has 3 aliphatic carbocycles. The Morgan fingerprint density at radius 2 is 1.93 bits per heavy atom. The third kappa shape index (κ3) is 5.11. The standard InChI is InChI=1S/C27H44O3/c1-18(17-28)7-5-8-19(2)24-12-13-25-21(9-6-14-27(24,25)4)10-11-22-15-23(29)16-26(30)20(22)3/h10-11,18-19,23-26,28-30H,3,5-9,12-17H2,1-2,4H3/b21-10+,22-11-/t18?,19-,23-,24-,25+,26-,27+/m0/s1. The monoisotopic (exact) mass is 416 g/mol. The fourth-order valence-electron chi connectivity index (χ4n) is 6.76. The van der Waals surface area contributed by atoms with Gasteiger partial charge in [0.2, 0.25) is 0 Å². The van der Waals surface area contributed by atoms with Crippen LogP contribution in [0.2, 0.25) is 0 Å². The maximum absolute atomic E-state index is 10.1. The van der Waals surface area contributed by atoms with Crippen molar-refractivity contribution < 1.29 is 15.3 Å². The lowest BCUT2D eigenvalue weighted by Crippen LogP contribution is -2.36. The summed E-state index contributed by atoms with van der Waals surface area (Å²) in [5.74, 6) is 2.62. The molecule has 0 aromatic carbocycles. The molecule has 3 nitrogen and oxygen atoms in total. The molecule has 30 heavy (non-hydrogen) atoms. The van der Waals surface area contributed by atoms with Gasteiger partial charge in [-0.05, 0) is 85.2 Å². The van der Waals surface area contributed by atoms with Gasteiger partial charge in [0.1, 0.15) is 0 Å². The van der Waals surface area contributed by atoms with E-state index in [1.54, 1.807) is 5.57 Å². The quantitative estimate of drug-likeness (QED) is 0.509. The third-order valence-corrected chi connectivity index (χ3v) is 8.66. The van der Waals surface area contributed by atoms with Crippen LogP contribution in [0, 0.1) is 29.1 Å². The lowest BCUT2D eigenvalue weighted by molar-refractivity contribution is 0.0861. The van der Waals surface area contributed by atoms with Gasteiger partial charge in [0.05, 0.1) is 12.2 Å². The molecule has 3 aliphatic rings. The third-order valence-electron chi connectivity index (χ3n) is 8.66. The van der Waals surface area contributed by atoms with E-state index >= 15 is 0 Å². The lowest BCUT2D eigenvalue weighted by Gasteiger charge is -2.44. The van der Waals surface area contributed by atoms with E-state index in [9.17, 15) is 15.3 Å². The number of rotatable bonds is 7. The van der Waals surface area contributed by atoms with Crippen molar-refractivity contribution in [2.45, 2.75) is 97.2 Å². The highest BCUT2D eigenvalue weighted by Gasteiger charge is 2.50. The van der Waals surface area contributed by atoms with E-state index in [4.69, 9.17) is 0 Å². The normalized spacial score (nSPS) is 39.3. The van der Waals surface area contributed by atoms with Gasteiger partial charge in [-0.3, -0.25) is 0 Å². The smallest absolute Gasteiger partial charge is 0.0811 e. The van der Waals surface area contributed by atoms with E-state index in [2.05, 4.69) is 39.5 Å². The van der Waals surface area contributed by atoms with Gasteiger partial charge in [0.25, 0.3) is 0 Å². The summed E-state index contributed by atoms with van der Waals surface area (Å²) in [7, 11) is 0. The van der Waals surface area contributed by atoms with Crippen LogP contribution in [0.3, 0.4) is 0 Å². The summed E-state index contributed by atoms with van der Waals surface area (Å²) in [6.45, 7) is 11.5. The average Bonchev–Trinajstić information content (AvgIpc) is 3.06. The Kier molecular flexibility index (Phi) is 8.03. The molecule has 0 aromatic rings. The van der Waals surface area contributed by atoms with E-state index in [0.717, 1.165) is 29.4 Å². The van der Waals surface area contributed by atoms with Crippen LogP contribution < -0.4 is 0 Å². The molecule has 0 amide bonds. The van der Waals surface area contributed by atoms with Gasteiger partial charge in [0, 0.05) is 13.0 Å². The highest BCUT2D eigenvalue weighted by atomic mass is 16.3. The van der Waals surface area contributed by atoms with Crippen LogP contribution in [0.25, 0.3) is 0 Å². The highest BCUT2D eigenvalue weighted by molar-refractivity contribution is 5.38. The van der Waals surface area contributed by atoms with E-state index in [1.165, 1.54) is 44.9 Å². The minimum atomic E-state index is -0.611. The Balaban J connectivity index is 1.69. The van der Waals surface area contributed by atoms with Crippen molar-refractivity contribution in [3.8, 4) is 0 Å². The van der Waals surface area contributed by atoms with Gasteiger partial charge in [-0.2, -0.15) is 0 Å². The number of hydrogen-bond donors (Lipinski definition) is 3. The maximum Gasteiger partial charge on any atom is 0.0811 e. The van der Waals surface area contributed by atoms with Gasteiger partial charge >= 0.3 is 0 Å². The summed E-state index contributed by atoms with van der Waals surface area (Å²) in [6.07, 6.45) is 14.4. The molecule has 170 valence electrons. The molecular weight excluding hydrogens is 372 g/mol. The van der Waals surface area contributed by atoms with Gasteiger partial charge in [-0.15, -0.1) is 0 Å². The summed E-state index contributed by atoms with van der Waals surface area (Å²) in [5, 5.41) is 29.4. The first-order valence-corrected chi connectivity index (χ1v) is 12.3. The second-order valence-corrected chi connectivity index (χ2v) is 10.9. The summed E-state index contributed by atoms with van der Waals surface area (Å²) in [4.78, 5) is 0. The molecule has 7 atom stereocenters. The van der Waals surface area contributed by atoms with Gasteiger partial charge in [-0.1, -0.05) is 57.9 Å². The SMILES string of the molecule is C=C1/C(=C\C=C2/CCC[C@@]3(C)[C@@H]2CC[C@H]3[C@@H](C)CCCC(C)CO)C[C@H](O)C[C@@H]1O. The van der Waals surface area contributed by atoms with Crippen LogP contribution in [0.4, 0.5) is 0 Å². The van der Waals surface area contributed by atoms with Crippen molar-refractivity contribution in [1.29, 1.82) is 0 Å². The van der Waals surface area contributed by atoms with Crippen LogP contribution in [0.1, 0.15) is 85.0 Å². The summed E-state index contributed by atoms with van der Waals surface area (Å²) >= 11 is 0. The fraction of sp³-hybridized carbons (Fsp3) is 0.778. The van der Waals surface area contributed by atoms with Crippen LogP contribution in [-0.4, -0.2) is 34.1 Å². The molecule has 3 saturated carbocycles. The molecule has 0 radical (unpaired) electrons. The van der Waals surface area contributed by atoms with E-state index in [-0.39, 0.29) is 0 Å². The molecule has 1 unspecified atom stereocenters. The van der Waals surface area contributed by atoms with E-state index in [0.29, 0.717) is 36.7 Å². The van der Waals surface area contributed by atoms with Crippen molar-refractivity contribution in [2.24, 2.45) is 29.1 Å². The van der Waals surface area contributed by atoms with E-state index < -0.39 is 12.2 Å². The molecule has 0 heterocycles. The number of hydrogen-bond acceptors (Lipinski definition) is 3. The van der Waals surface area contributed by atoms with Crippen molar-refractivity contribution in [2.75, 3.05) is 6.61 Å². The summed E-state index contributed by atoms with van der Waals surface area (Å²) < 4.78 is 0. The maximum atomic E-state index is 10.1. The zero-order valence-electron chi connectivity index (χ0n) is 19.4. The van der Waals surface area contributed by atoms with Crippen LogP contribution in [0.15, 0.2) is 35.5 Å². The molecule has 0 spiro atoms. The highest BCUT2D eigenvalue weighted by Crippen LogP contribution is 2.59. The Bertz CT molecular complexity index is 663. The van der Waals surface area contributed by atoms with Crippen molar-refractivity contribution >= 4 is 0 Å². The minimum Gasteiger partial charge on any atom is -0.396 e. The first-order chi connectivity index (χ1) is 14.3. The number of fused-ring (bicyclic) bond motifs is 1. The number of allylic oxidation sites excluding steroid dienone is 3. The molecular formula is C27H44O3. The first-order valence-electron chi connectivity index (χ1n) is 12.3. The minimum absolute atomic E-state index is 0.307. The Morgan fingerprint density at radius 1 is 1.17 bits per heavy atom. The van der Waals surface area contributed by atoms with Crippen molar-refractivity contribution in [3.63, 3.8) is 0 Å². The average molecular weight is 417 g/mol. The molecule has 0 saturated heterocycles. The van der Waals surface area contributed by atoms with Crippen molar-refractivity contribution in [3.05, 3.63) is 35.5 Å². The zero-order chi connectivity index (χ0) is 21.9. The second-order valence-electron chi connectivity index (χ2n) is 10.9. The molecule has 3 fully saturated rings. The number of aliphatic hydroxyl groups is 3. The second kappa shape index (κ2) is 10.1. The van der Waals surface area contributed by atoms with Crippen molar-refractivity contribution in [1.82, 2.24) is 0 Å². The largest absolute Gasteiger partial charge is 0.396 e. The zero-order valence-corrected chi connectivity index (χ0v) is 19.4. The Hall–Kier alpha value is -0.900. The Morgan fingerprint density at radius 3 is 2.67 bits per heavy atom. The molecule has 3 rings (SSSR count). The molecule has 0 aromatic heterocycles. The predicted molar refractivity (Wildman–Crippen MR) is 124 cm³/mol. The first kappa shape index (κ1) is 23.8. The molecule has 3 heteroatoms. The van der Waals surface area contributed by atoms with Gasteiger partial charge in [-0.25, -0.2) is 0 Å². The van der Waals surface area contributed by atoms with Crippen LogP contribution in [-0.2, 0) is 0 Å². The van der Waals surface area contributed by atoms with Crippen LogP contribution in [0.5, 0.6) is 0 Å². The summed E-state index contributed by atoms with van der Waals surface area (Å²) in [5.41, 5.74) is 3.77. The number of aliphatic hydroxyl groups excluding tert-OH is 3. The molecule has 0 bridgehead atoms. The fourth-order valence-corrected chi connectivity index (χ4v) is 6.76. The van der Waals surface area contributed by atoms with Gasteiger partial charge in [0.15, 0.2) is 0 Å². The molecule has 3 N–H and O–H groups in total. The van der Waals surface area contributed by atoms with Crippen LogP contribution >= 0.6 is 0 Å². The summed E-state index contributed by atoms with van der Waals surface area (Å²) in [6, 6.07) is 0. The van der Waals surface area contributed by atoms with E-state index in [1.807, 2.05) is 0 Å². The Labute approximate surface area is 184 Å².